The largest absolute Gasteiger partial charge is 0.342 e. The van der Waals surface area contributed by atoms with Gasteiger partial charge in [0.1, 0.15) is 5.41 Å². The average Bonchev–Trinajstić information content (AvgIpc) is 2.91. The van der Waals surface area contributed by atoms with Gasteiger partial charge in [0.15, 0.2) is 0 Å². The second-order valence-corrected chi connectivity index (χ2v) is 6.03. The molecule has 2 amide bonds. The first-order valence-corrected chi connectivity index (χ1v) is 7.15. The molecule has 0 bridgehead atoms. The van der Waals surface area contributed by atoms with Crippen molar-refractivity contribution in [1.82, 2.24) is 4.90 Å². The van der Waals surface area contributed by atoms with Gasteiger partial charge in [0.25, 0.3) is 0 Å². The maximum Gasteiger partial charge on any atom is 0.239 e. The minimum absolute atomic E-state index is 0.116. The Balaban J connectivity index is 2.08. The van der Waals surface area contributed by atoms with Gasteiger partial charge in [0, 0.05) is 23.8 Å². The summed E-state index contributed by atoms with van der Waals surface area (Å²) in [7, 11) is 0. The smallest absolute Gasteiger partial charge is 0.239 e. The molecule has 5 heteroatoms. The molecule has 0 saturated carbocycles. The van der Waals surface area contributed by atoms with Crippen molar-refractivity contribution in [3.63, 3.8) is 0 Å². The molecular weight excluding hydrogens is 276 g/mol. The van der Waals surface area contributed by atoms with Gasteiger partial charge in [-0.2, -0.15) is 0 Å². The number of halogens is 1. The van der Waals surface area contributed by atoms with Gasteiger partial charge in [-0.25, -0.2) is 0 Å². The molecule has 0 aromatic heterocycles. The number of nitrogens with zero attached hydrogens (tertiary/aromatic N) is 1. The fourth-order valence-electron chi connectivity index (χ4n) is 2.27. The monoisotopic (exact) mass is 294 g/mol. The normalized spacial score (nSPS) is 15.2. The van der Waals surface area contributed by atoms with Crippen LogP contribution >= 0.6 is 11.6 Å². The minimum Gasteiger partial charge on any atom is -0.342 e. The van der Waals surface area contributed by atoms with Gasteiger partial charge in [-0.15, -0.1) is 0 Å². The molecule has 0 atom stereocenters. The average molecular weight is 295 g/mol. The fraction of sp³-hybridized carbons (Fsp3) is 0.467. The Bertz CT molecular complexity index is 522. The van der Waals surface area contributed by atoms with Crippen LogP contribution in [0.2, 0.25) is 5.02 Å². The third kappa shape index (κ3) is 3.12. The Kier molecular flexibility index (Phi) is 4.33. The second kappa shape index (κ2) is 5.83. The molecule has 1 N–H and O–H groups in total. The van der Waals surface area contributed by atoms with Gasteiger partial charge < -0.3 is 10.2 Å². The highest BCUT2D eigenvalue weighted by molar-refractivity contribution is 6.31. The van der Waals surface area contributed by atoms with Crippen LogP contribution in [0.5, 0.6) is 0 Å². The number of rotatable bonds is 3. The van der Waals surface area contributed by atoms with E-state index in [4.69, 9.17) is 11.6 Å². The highest BCUT2D eigenvalue weighted by Gasteiger charge is 2.39. The van der Waals surface area contributed by atoms with E-state index in [1.165, 1.54) is 0 Å². The lowest BCUT2D eigenvalue weighted by atomic mass is 9.90. The zero-order chi connectivity index (χ0) is 14.8. The van der Waals surface area contributed by atoms with Gasteiger partial charge in [-0.3, -0.25) is 9.59 Å². The van der Waals surface area contributed by atoms with Crippen molar-refractivity contribution in [2.24, 2.45) is 5.41 Å². The molecule has 0 spiro atoms. The summed E-state index contributed by atoms with van der Waals surface area (Å²) >= 11 is 5.88. The number of likely N-dealkylation sites (tertiary alicyclic amines) is 1. The zero-order valence-corrected chi connectivity index (χ0v) is 12.5. The van der Waals surface area contributed by atoms with Crippen molar-refractivity contribution in [2.75, 3.05) is 18.4 Å². The highest BCUT2D eigenvalue weighted by Crippen LogP contribution is 2.25. The molecule has 1 heterocycles. The van der Waals surface area contributed by atoms with E-state index >= 15 is 0 Å². The Hall–Kier alpha value is -1.55. The summed E-state index contributed by atoms with van der Waals surface area (Å²) in [5.74, 6) is -0.425. The molecule has 1 aromatic carbocycles. The van der Waals surface area contributed by atoms with E-state index in [-0.39, 0.29) is 11.8 Å². The maximum atomic E-state index is 12.4. The molecular formula is C15H19ClN2O2. The molecule has 20 heavy (non-hydrogen) atoms. The number of nitrogens with one attached hydrogen (secondary N) is 1. The molecule has 0 unspecified atom stereocenters. The predicted octanol–water partition coefficient (Wildman–Crippen LogP) is 2.93. The number of amides is 2. The molecule has 108 valence electrons. The molecule has 0 radical (unpaired) electrons. The fourth-order valence-corrected chi connectivity index (χ4v) is 2.46. The van der Waals surface area contributed by atoms with E-state index in [0.717, 1.165) is 25.9 Å². The topological polar surface area (TPSA) is 49.4 Å². The van der Waals surface area contributed by atoms with Crippen molar-refractivity contribution in [1.29, 1.82) is 0 Å². The van der Waals surface area contributed by atoms with E-state index < -0.39 is 5.41 Å². The molecule has 4 nitrogen and oxygen atoms in total. The van der Waals surface area contributed by atoms with Crippen LogP contribution in [0.1, 0.15) is 26.7 Å². The molecule has 1 aliphatic heterocycles. The third-order valence-corrected chi connectivity index (χ3v) is 3.81. The summed E-state index contributed by atoms with van der Waals surface area (Å²) in [6, 6.07) is 6.90. The van der Waals surface area contributed by atoms with Crippen LogP contribution in [-0.4, -0.2) is 29.8 Å². The Morgan fingerprint density at radius 3 is 2.50 bits per heavy atom. The summed E-state index contributed by atoms with van der Waals surface area (Å²) in [6.07, 6.45) is 2.02. The summed E-state index contributed by atoms with van der Waals surface area (Å²) in [4.78, 5) is 26.5. The van der Waals surface area contributed by atoms with E-state index in [9.17, 15) is 9.59 Å². The van der Waals surface area contributed by atoms with Gasteiger partial charge in [0.05, 0.1) is 0 Å². The predicted molar refractivity (Wildman–Crippen MR) is 79.7 cm³/mol. The standard InChI is InChI=1S/C15H19ClN2O2/c1-15(2,14(20)18-8-3-4-9-18)13(19)17-12-7-5-6-11(16)10-12/h5-7,10H,3-4,8-9H2,1-2H3,(H,17,19). The van der Waals surface area contributed by atoms with E-state index in [2.05, 4.69) is 5.32 Å². The van der Waals surface area contributed by atoms with Crippen molar-refractivity contribution in [2.45, 2.75) is 26.7 Å². The highest BCUT2D eigenvalue weighted by atomic mass is 35.5. The first kappa shape index (κ1) is 14.9. The van der Waals surface area contributed by atoms with Gasteiger partial charge in [-0.05, 0) is 44.9 Å². The molecule has 1 aromatic rings. The Labute approximate surface area is 124 Å². The maximum absolute atomic E-state index is 12.4. The number of carbonyl (C=O) groups excluding carboxylic acids is 2. The Morgan fingerprint density at radius 2 is 1.90 bits per heavy atom. The summed E-state index contributed by atoms with van der Waals surface area (Å²) in [6.45, 7) is 4.81. The van der Waals surface area contributed by atoms with E-state index in [0.29, 0.717) is 10.7 Å². The molecule has 1 aliphatic rings. The Morgan fingerprint density at radius 1 is 1.25 bits per heavy atom. The van der Waals surface area contributed by atoms with E-state index in [1.54, 1.807) is 43.0 Å². The summed E-state index contributed by atoms with van der Waals surface area (Å²) in [5, 5.41) is 3.30. The zero-order valence-electron chi connectivity index (χ0n) is 11.8. The first-order valence-electron chi connectivity index (χ1n) is 6.77. The summed E-state index contributed by atoms with van der Waals surface area (Å²) < 4.78 is 0. The molecule has 0 aliphatic carbocycles. The molecule has 1 fully saturated rings. The number of hydrogen-bond acceptors (Lipinski definition) is 2. The van der Waals surface area contributed by atoms with Crippen LogP contribution in [0.15, 0.2) is 24.3 Å². The van der Waals surface area contributed by atoms with Crippen molar-refractivity contribution < 1.29 is 9.59 Å². The third-order valence-electron chi connectivity index (χ3n) is 3.58. The lowest BCUT2D eigenvalue weighted by Crippen LogP contribution is -2.46. The molecule has 1 saturated heterocycles. The number of benzene rings is 1. The quantitative estimate of drug-likeness (QED) is 0.872. The van der Waals surface area contributed by atoms with Crippen LogP contribution in [0, 0.1) is 5.41 Å². The van der Waals surface area contributed by atoms with Gasteiger partial charge >= 0.3 is 0 Å². The van der Waals surface area contributed by atoms with Gasteiger partial charge in [-0.1, -0.05) is 17.7 Å². The van der Waals surface area contributed by atoms with Crippen LogP contribution in [-0.2, 0) is 9.59 Å². The summed E-state index contributed by atoms with van der Waals surface area (Å²) in [5.41, 5.74) is -0.475. The molecule has 2 rings (SSSR count). The van der Waals surface area contributed by atoms with E-state index in [1.807, 2.05) is 0 Å². The second-order valence-electron chi connectivity index (χ2n) is 5.59. The van der Waals surface area contributed by atoms with Crippen molar-refractivity contribution in [3.05, 3.63) is 29.3 Å². The lowest BCUT2D eigenvalue weighted by molar-refractivity contribution is -0.145. The first-order chi connectivity index (χ1) is 9.41. The minimum atomic E-state index is -1.08. The van der Waals surface area contributed by atoms with Gasteiger partial charge in [0.2, 0.25) is 11.8 Å². The lowest BCUT2D eigenvalue weighted by Gasteiger charge is -2.28. The number of anilines is 1. The SMILES string of the molecule is CC(C)(C(=O)Nc1cccc(Cl)c1)C(=O)N1CCCC1. The number of carbonyl (C=O) groups is 2. The van der Waals surface area contributed by atoms with Crippen molar-refractivity contribution in [3.8, 4) is 0 Å². The van der Waals surface area contributed by atoms with Crippen LogP contribution in [0.25, 0.3) is 0 Å². The van der Waals surface area contributed by atoms with Crippen LogP contribution < -0.4 is 5.32 Å². The van der Waals surface area contributed by atoms with Crippen LogP contribution in [0.3, 0.4) is 0 Å². The van der Waals surface area contributed by atoms with Crippen molar-refractivity contribution >= 4 is 29.1 Å². The van der Waals surface area contributed by atoms with Crippen LogP contribution in [0.4, 0.5) is 5.69 Å². The number of hydrogen-bond donors (Lipinski definition) is 1.